The first-order valence-corrected chi connectivity index (χ1v) is 23.4. The molecule has 0 unspecified atom stereocenters. The summed E-state index contributed by atoms with van der Waals surface area (Å²) in [6.07, 6.45) is 14.2. The van der Waals surface area contributed by atoms with Gasteiger partial charge < -0.3 is 34.4 Å². The number of hydrogen-bond acceptors (Lipinski definition) is 11. The maximum atomic E-state index is 14.3. The molecule has 0 aromatic carbocycles. The summed E-state index contributed by atoms with van der Waals surface area (Å²) >= 11 is 0. The van der Waals surface area contributed by atoms with Crippen LogP contribution < -0.4 is 0 Å². The van der Waals surface area contributed by atoms with Crippen molar-refractivity contribution in [1.29, 1.82) is 0 Å². The highest BCUT2D eigenvalue weighted by molar-refractivity contribution is 6.39. The lowest BCUT2D eigenvalue weighted by atomic mass is 9.79. The number of aliphatic hydroxyl groups is 3. The SMILES string of the molecule is C=C/C=C/C=C(\C)[C@@H](O)C[C@@H]1CC[C@@H](C)[C@](O)(C(=O)C(=O)N2CCCC[C@H]2C(=O)O[C@@H](CC(=O)[C@H](C)/C=C(\C)[C@@H](O)CC(=O)[C@H](C)C[C@@H](C)C=C)[C@H](C)CC2CCC(OC)CC2)O1. The van der Waals surface area contributed by atoms with Crippen molar-refractivity contribution < 1.29 is 53.5 Å². The van der Waals surface area contributed by atoms with E-state index in [1.165, 1.54) is 4.90 Å². The van der Waals surface area contributed by atoms with Gasteiger partial charge in [0.15, 0.2) is 0 Å². The van der Waals surface area contributed by atoms with Gasteiger partial charge in [-0.15, -0.1) is 6.58 Å². The number of nitrogens with zero attached hydrogens (tertiary/aromatic N) is 1. The molecule has 354 valence electrons. The van der Waals surface area contributed by atoms with Gasteiger partial charge in [-0.05, 0) is 113 Å². The molecule has 3 fully saturated rings. The summed E-state index contributed by atoms with van der Waals surface area (Å²) in [5.74, 6) is -6.98. The normalized spacial score (nSPS) is 28.2. The standard InChI is InChI=1S/C51H79NO11/c1-11-13-14-17-33(4)43(53)29-41-22-19-38(9)51(60,63-41)48(57)49(58)52-25-16-15-18-42(52)50(59)62-47(37(8)28-39-20-23-40(61-10)24-21-39)31-46(56)36(7)27-35(6)45(55)30-44(54)34(5)26-32(3)12-2/h11-14,17,27,32,34,36-43,45,47,53,55,60H,1-2,15-16,18-26,28-31H2,3-10H3/b14-13+,33-17+,35-27+/t32-,34+,36+,37+,38+,39?,40?,41-,42-,43-,45-,47-,51+/m0/s1. The lowest BCUT2D eigenvalue weighted by molar-refractivity contribution is -0.265. The summed E-state index contributed by atoms with van der Waals surface area (Å²) in [5, 5.41) is 33.5. The van der Waals surface area contributed by atoms with Crippen molar-refractivity contribution in [3.05, 3.63) is 60.8 Å². The molecule has 12 heteroatoms. The van der Waals surface area contributed by atoms with Crippen molar-refractivity contribution in [2.75, 3.05) is 13.7 Å². The molecule has 1 saturated carbocycles. The van der Waals surface area contributed by atoms with E-state index < -0.39 is 65.7 Å². The summed E-state index contributed by atoms with van der Waals surface area (Å²) in [6, 6.07) is -1.11. The summed E-state index contributed by atoms with van der Waals surface area (Å²) in [7, 11) is 1.72. The topological polar surface area (TPSA) is 177 Å². The largest absolute Gasteiger partial charge is 0.460 e. The number of carbonyl (C=O) groups excluding carboxylic acids is 5. The Bertz CT molecular complexity index is 1660. The molecule has 2 heterocycles. The van der Waals surface area contributed by atoms with Crippen LogP contribution >= 0.6 is 0 Å². The zero-order valence-electron chi connectivity index (χ0n) is 39.5. The summed E-state index contributed by atoms with van der Waals surface area (Å²) < 4.78 is 17.8. The second-order valence-corrected chi connectivity index (χ2v) is 19.0. The van der Waals surface area contributed by atoms with Gasteiger partial charge in [0.1, 0.15) is 23.7 Å². The number of amides is 1. The Kier molecular flexibility index (Phi) is 22.0. The minimum Gasteiger partial charge on any atom is -0.460 e. The fraction of sp³-hybridized carbons (Fsp3) is 0.706. The molecule has 0 spiro atoms. The fourth-order valence-electron chi connectivity index (χ4n) is 9.23. The summed E-state index contributed by atoms with van der Waals surface area (Å²) in [5.41, 5.74) is 1.17. The van der Waals surface area contributed by atoms with E-state index in [4.69, 9.17) is 14.2 Å². The van der Waals surface area contributed by atoms with Crippen molar-refractivity contribution in [1.82, 2.24) is 4.90 Å². The van der Waals surface area contributed by atoms with Gasteiger partial charge in [-0.25, -0.2) is 4.79 Å². The third-order valence-corrected chi connectivity index (χ3v) is 13.9. The van der Waals surface area contributed by atoms with Crippen LogP contribution in [0.1, 0.15) is 138 Å². The molecule has 11 atom stereocenters. The molecule has 63 heavy (non-hydrogen) atoms. The number of methoxy groups -OCH3 is 1. The van der Waals surface area contributed by atoms with Gasteiger partial charge >= 0.3 is 5.97 Å². The minimum absolute atomic E-state index is 0.0614. The number of Topliss-reactive ketones (excluding diaryl/α,β-unsaturated/α-hetero) is 3. The quantitative estimate of drug-likeness (QED) is 0.0374. The number of ether oxygens (including phenoxy) is 3. The predicted octanol–water partition coefficient (Wildman–Crippen LogP) is 7.73. The van der Waals surface area contributed by atoms with E-state index in [1.54, 1.807) is 71.3 Å². The van der Waals surface area contributed by atoms with Crippen molar-refractivity contribution in [2.45, 2.75) is 181 Å². The Morgan fingerprint density at radius 2 is 1.54 bits per heavy atom. The molecular weight excluding hydrogens is 803 g/mol. The van der Waals surface area contributed by atoms with Gasteiger partial charge in [-0.2, -0.15) is 0 Å². The molecule has 0 radical (unpaired) electrons. The van der Waals surface area contributed by atoms with Crippen LogP contribution in [-0.4, -0.2) is 105 Å². The Balaban J connectivity index is 1.79. The molecular formula is C51H79NO11. The number of hydrogen-bond donors (Lipinski definition) is 3. The molecule has 1 amide bonds. The number of carbonyl (C=O) groups is 5. The molecule has 2 saturated heterocycles. The number of piperidine rings is 1. The van der Waals surface area contributed by atoms with Crippen LogP contribution in [0, 0.1) is 35.5 Å². The van der Waals surface area contributed by atoms with Crippen LogP contribution in [0.15, 0.2) is 60.8 Å². The van der Waals surface area contributed by atoms with Crippen molar-refractivity contribution >= 4 is 29.2 Å². The van der Waals surface area contributed by atoms with Crippen LogP contribution in [0.3, 0.4) is 0 Å². The lowest BCUT2D eigenvalue weighted by Gasteiger charge is -2.42. The third-order valence-electron chi connectivity index (χ3n) is 13.9. The van der Waals surface area contributed by atoms with Gasteiger partial charge in [0.05, 0.1) is 24.4 Å². The van der Waals surface area contributed by atoms with Gasteiger partial charge in [-0.3, -0.25) is 19.2 Å². The van der Waals surface area contributed by atoms with Gasteiger partial charge in [0.25, 0.3) is 11.7 Å². The zero-order chi connectivity index (χ0) is 47.0. The summed E-state index contributed by atoms with van der Waals surface area (Å²) in [6.45, 7) is 20.2. The Morgan fingerprint density at radius 3 is 2.17 bits per heavy atom. The van der Waals surface area contributed by atoms with Crippen molar-refractivity contribution in [3.63, 3.8) is 0 Å². The number of rotatable bonds is 24. The second kappa shape index (κ2) is 25.8. The molecule has 3 rings (SSSR count). The van der Waals surface area contributed by atoms with Crippen molar-refractivity contribution in [2.24, 2.45) is 35.5 Å². The first-order valence-electron chi connectivity index (χ1n) is 23.4. The van der Waals surface area contributed by atoms with Crippen LogP contribution in [0.2, 0.25) is 0 Å². The first kappa shape index (κ1) is 53.8. The van der Waals surface area contributed by atoms with E-state index >= 15 is 0 Å². The minimum atomic E-state index is -2.46. The molecule has 0 aromatic heterocycles. The molecule has 12 nitrogen and oxygen atoms in total. The first-order chi connectivity index (χ1) is 29.7. The molecule has 1 aliphatic carbocycles. The van der Waals surface area contributed by atoms with Crippen molar-refractivity contribution in [3.8, 4) is 0 Å². The highest BCUT2D eigenvalue weighted by Gasteiger charge is 2.53. The van der Waals surface area contributed by atoms with E-state index in [-0.39, 0.29) is 67.7 Å². The zero-order valence-corrected chi connectivity index (χ0v) is 39.5. The van der Waals surface area contributed by atoms with Crippen LogP contribution in [0.25, 0.3) is 0 Å². The molecule has 0 aromatic rings. The van der Waals surface area contributed by atoms with Crippen LogP contribution in [0.5, 0.6) is 0 Å². The van der Waals surface area contributed by atoms with Gasteiger partial charge in [0, 0.05) is 50.7 Å². The van der Waals surface area contributed by atoms with E-state index in [9.17, 15) is 39.3 Å². The van der Waals surface area contributed by atoms with E-state index in [0.717, 1.165) is 25.7 Å². The average molecular weight is 882 g/mol. The predicted molar refractivity (Wildman–Crippen MR) is 244 cm³/mol. The van der Waals surface area contributed by atoms with E-state index in [2.05, 4.69) is 13.2 Å². The number of allylic oxidation sites excluding steroid dienone is 6. The lowest BCUT2D eigenvalue weighted by Crippen LogP contribution is -2.61. The molecule has 0 bridgehead atoms. The van der Waals surface area contributed by atoms with E-state index in [1.807, 2.05) is 20.8 Å². The summed E-state index contributed by atoms with van der Waals surface area (Å²) in [4.78, 5) is 70.4. The third kappa shape index (κ3) is 15.8. The van der Waals surface area contributed by atoms with Gasteiger partial charge in [-0.1, -0.05) is 77.7 Å². The van der Waals surface area contributed by atoms with Gasteiger partial charge in [0.2, 0.25) is 5.79 Å². The Morgan fingerprint density at radius 1 is 0.857 bits per heavy atom. The Hall–Kier alpha value is -3.55. The second-order valence-electron chi connectivity index (χ2n) is 19.0. The van der Waals surface area contributed by atoms with Crippen LogP contribution in [-0.2, 0) is 38.2 Å². The Labute approximate surface area is 377 Å². The van der Waals surface area contributed by atoms with E-state index in [0.29, 0.717) is 55.6 Å². The monoisotopic (exact) mass is 882 g/mol. The molecule has 2 aliphatic heterocycles. The maximum Gasteiger partial charge on any atom is 0.329 e. The van der Waals surface area contributed by atoms with Crippen LogP contribution in [0.4, 0.5) is 0 Å². The highest BCUT2D eigenvalue weighted by Crippen LogP contribution is 2.37. The highest BCUT2D eigenvalue weighted by atomic mass is 16.6. The molecule has 3 N–H and O–H groups in total. The number of aliphatic hydroxyl groups excluding tert-OH is 2. The molecule has 3 aliphatic rings. The number of esters is 1. The number of likely N-dealkylation sites (tertiary alicyclic amines) is 1. The maximum absolute atomic E-state index is 14.3. The fourth-order valence-corrected chi connectivity index (χ4v) is 9.23. The smallest absolute Gasteiger partial charge is 0.329 e. The average Bonchev–Trinajstić information content (AvgIpc) is 3.26. The number of ketones is 3.